The fraction of sp³-hybridized carbons (Fsp3) is 0.364. The van der Waals surface area contributed by atoms with Crippen molar-refractivity contribution in [3.63, 3.8) is 0 Å². The van der Waals surface area contributed by atoms with E-state index < -0.39 is 0 Å². The highest BCUT2D eigenvalue weighted by atomic mass is 35.5. The van der Waals surface area contributed by atoms with Gasteiger partial charge in [0.1, 0.15) is 5.75 Å². The number of aromatic hydroxyl groups is 1. The van der Waals surface area contributed by atoms with E-state index in [0.29, 0.717) is 18.7 Å². The van der Waals surface area contributed by atoms with E-state index in [1.54, 1.807) is 18.5 Å². The van der Waals surface area contributed by atoms with Gasteiger partial charge in [0.15, 0.2) is 0 Å². The van der Waals surface area contributed by atoms with Crippen molar-refractivity contribution in [2.45, 2.75) is 26.3 Å². The third-order valence-corrected chi connectivity index (χ3v) is 5.48. The molecule has 6 nitrogen and oxygen atoms in total. The van der Waals surface area contributed by atoms with Crippen molar-refractivity contribution in [3.05, 3.63) is 47.9 Å². The minimum absolute atomic E-state index is 0. The fourth-order valence-electron chi connectivity index (χ4n) is 4.05. The summed E-state index contributed by atoms with van der Waals surface area (Å²) in [5.74, 6) is -0.194. The molecule has 7 heteroatoms. The maximum Gasteiger partial charge on any atom is 0.340 e. The number of benzene rings is 1. The van der Waals surface area contributed by atoms with E-state index in [2.05, 4.69) is 14.5 Å². The number of ether oxygens (including phenoxy) is 1. The van der Waals surface area contributed by atoms with E-state index in [-0.39, 0.29) is 24.1 Å². The van der Waals surface area contributed by atoms with Crippen molar-refractivity contribution in [1.29, 1.82) is 0 Å². The maximum absolute atomic E-state index is 12.8. The summed E-state index contributed by atoms with van der Waals surface area (Å²) in [6.07, 6.45) is 5.77. The Morgan fingerprint density at radius 1 is 1.21 bits per heavy atom. The van der Waals surface area contributed by atoms with E-state index in [4.69, 9.17) is 4.74 Å². The lowest BCUT2D eigenvalue weighted by Crippen LogP contribution is -2.22. The van der Waals surface area contributed by atoms with Gasteiger partial charge in [-0.3, -0.25) is 9.88 Å². The average molecular weight is 416 g/mol. The molecule has 0 unspecified atom stereocenters. The molecule has 0 atom stereocenters. The summed E-state index contributed by atoms with van der Waals surface area (Å²) < 4.78 is 7.41. The molecule has 1 aliphatic rings. The van der Waals surface area contributed by atoms with Gasteiger partial charge in [0, 0.05) is 48.1 Å². The van der Waals surface area contributed by atoms with Gasteiger partial charge in [-0.25, -0.2) is 4.79 Å². The molecule has 1 N–H and O–H groups in total. The number of likely N-dealkylation sites (tertiary alicyclic amines) is 1. The van der Waals surface area contributed by atoms with Crippen LogP contribution in [0.3, 0.4) is 0 Å². The number of carbonyl (C=O) groups excluding carboxylic acids is 1. The molecule has 1 aliphatic heterocycles. The van der Waals surface area contributed by atoms with Gasteiger partial charge in [-0.2, -0.15) is 0 Å². The molecule has 1 saturated heterocycles. The second-order valence-electron chi connectivity index (χ2n) is 7.21. The molecule has 4 rings (SSSR count). The molecule has 2 aromatic heterocycles. The molecular formula is C22H26ClN3O3. The van der Waals surface area contributed by atoms with Crippen LogP contribution in [0.25, 0.3) is 22.0 Å². The zero-order valence-electron chi connectivity index (χ0n) is 16.7. The highest BCUT2D eigenvalue weighted by Gasteiger charge is 2.26. The van der Waals surface area contributed by atoms with Gasteiger partial charge in [-0.05, 0) is 62.7 Å². The van der Waals surface area contributed by atoms with Crippen LogP contribution < -0.4 is 0 Å². The molecule has 0 bridgehead atoms. The Kier molecular flexibility index (Phi) is 6.45. The largest absolute Gasteiger partial charge is 0.507 e. The molecule has 1 aromatic carbocycles. The summed E-state index contributed by atoms with van der Waals surface area (Å²) in [4.78, 5) is 19.2. The van der Waals surface area contributed by atoms with Gasteiger partial charge >= 0.3 is 5.97 Å². The van der Waals surface area contributed by atoms with E-state index in [1.807, 2.05) is 32.2 Å². The monoisotopic (exact) mass is 415 g/mol. The molecule has 1 fully saturated rings. The second kappa shape index (κ2) is 8.84. The highest BCUT2D eigenvalue weighted by Crippen LogP contribution is 2.37. The quantitative estimate of drug-likeness (QED) is 0.634. The zero-order chi connectivity index (χ0) is 19.7. The Hall–Kier alpha value is -2.57. The molecule has 0 aliphatic carbocycles. The number of aromatic nitrogens is 2. The first kappa shape index (κ1) is 21.1. The summed E-state index contributed by atoms with van der Waals surface area (Å²) in [5.41, 5.74) is 4.00. The summed E-state index contributed by atoms with van der Waals surface area (Å²) >= 11 is 0. The smallest absolute Gasteiger partial charge is 0.340 e. The number of aryl methyl sites for hydroxylation is 1. The molecule has 29 heavy (non-hydrogen) atoms. The van der Waals surface area contributed by atoms with Crippen molar-refractivity contribution in [3.8, 4) is 16.9 Å². The third-order valence-electron chi connectivity index (χ3n) is 5.48. The van der Waals surface area contributed by atoms with Gasteiger partial charge in [-0.1, -0.05) is 0 Å². The molecule has 0 amide bonds. The van der Waals surface area contributed by atoms with Crippen molar-refractivity contribution >= 4 is 29.3 Å². The number of fused-ring (bicyclic) bond motifs is 1. The molecule has 3 heterocycles. The lowest BCUT2D eigenvalue weighted by molar-refractivity contribution is 0.0526. The number of hydrogen-bond donors (Lipinski definition) is 1. The first-order valence-corrected chi connectivity index (χ1v) is 9.74. The number of halogens is 1. The van der Waals surface area contributed by atoms with Crippen LogP contribution in [-0.2, 0) is 18.3 Å². The number of esters is 1. The minimum atomic E-state index is -0.335. The Morgan fingerprint density at radius 3 is 2.55 bits per heavy atom. The number of phenolic OH excluding ortho intramolecular Hbond substituents is 1. The number of rotatable bonds is 5. The Bertz CT molecular complexity index is 1010. The number of pyridine rings is 1. The standard InChI is InChI=1S/C22H25N3O3.ClH/c1-3-28-22(27)21-17-13-20(26)16(15-6-8-23-9-7-15)12-18(17)24(2)19(21)14-25-10-4-5-11-25;/h6-9,12-13,26H,3-5,10-11,14H2,1-2H3;1H. The second-order valence-corrected chi connectivity index (χ2v) is 7.21. The zero-order valence-corrected chi connectivity index (χ0v) is 17.5. The van der Waals surface area contributed by atoms with Crippen molar-refractivity contribution in [2.75, 3.05) is 19.7 Å². The normalized spacial score (nSPS) is 14.1. The predicted octanol–water partition coefficient (Wildman–Crippen LogP) is 4.14. The van der Waals surface area contributed by atoms with Crippen LogP contribution in [0.4, 0.5) is 0 Å². The number of carbonyl (C=O) groups is 1. The topological polar surface area (TPSA) is 67.6 Å². The number of phenols is 1. The van der Waals surface area contributed by atoms with Gasteiger partial charge < -0.3 is 14.4 Å². The van der Waals surface area contributed by atoms with E-state index >= 15 is 0 Å². The Morgan fingerprint density at radius 2 is 1.90 bits per heavy atom. The van der Waals surface area contributed by atoms with Gasteiger partial charge in [-0.15, -0.1) is 12.4 Å². The van der Waals surface area contributed by atoms with E-state index in [9.17, 15) is 9.90 Å². The van der Waals surface area contributed by atoms with Crippen LogP contribution in [0.2, 0.25) is 0 Å². The summed E-state index contributed by atoms with van der Waals surface area (Å²) in [7, 11) is 1.98. The van der Waals surface area contributed by atoms with Crippen LogP contribution in [-0.4, -0.2) is 45.2 Å². The van der Waals surface area contributed by atoms with Gasteiger partial charge in [0.2, 0.25) is 0 Å². The van der Waals surface area contributed by atoms with Crippen molar-refractivity contribution < 1.29 is 14.6 Å². The first-order chi connectivity index (χ1) is 13.6. The average Bonchev–Trinajstić information content (AvgIpc) is 3.29. The molecule has 0 saturated carbocycles. The SMILES string of the molecule is CCOC(=O)c1c(CN2CCCC2)n(C)c2cc(-c3ccncc3)c(O)cc12.Cl. The fourth-order valence-corrected chi connectivity index (χ4v) is 4.05. The van der Waals surface area contributed by atoms with Crippen molar-refractivity contribution in [1.82, 2.24) is 14.5 Å². The molecule has 154 valence electrons. The molecule has 0 spiro atoms. The maximum atomic E-state index is 12.8. The van der Waals surface area contributed by atoms with E-state index in [1.165, 1.54) is 12.8 Å². The van der Waals surface area contributed by atoms with E-state index in [0.717, 1.165) is 40.8 Å². The van der Waals surface area contributed by atoms with Gasteiger partial charge in [0.25, 0.3) is 0 Å². The van der Waals surface area contributed by atoms with Crippen LogP contribution in [0, 0.1) is 0 Å². The van der Waals surface area contributed by atoms with Crippen LogP contribution in [0.15, 0.2) is 36.7 Å². The highest BCUT2D eigenvalue weighted by molar-refractivity contribution is 6.07. The van der Waals surface area contributed by atoms with Crippen LogP contribution >= 0.6 is 12.4 Å². The number of hydrogen-bond acceptors (Lipinski definition) is 5. The minimum Gasteiger partial charge on any atom is -0.507 e. The first-order valence-electron chi connectivity index (χ1n) is 9.74. The summed E-state index contributed by atoms with van der Waals surface area (Å²) in [6, 6.07) is 7.35. The number of nitrogens with zero attached hydrogens (tertiary/aromatic N) is 3. The lowest BCUT2D eigenvalue weighted by Gasteiger charge is -2.16. The molecular weight excluding hydrogens is 390 g/mol. The van der Waals surface area contributed by atoms with Crippen LogP contribution in [0.1, 0.15) is 35.8 Å². The Balaban J connectivity index is 0.00000240. The summed E-state index contributed by atoms with van der Waals surface area (Å²) in [6.45, 7) is 4.90. The van der Waals surface area contributed by atoms with Crippen LogP contribution in [0.5, 0.6) is 5.75 Å². The molecule has 3 aromatic rings. The summed E-state index contributed by atoms with van der Waals surface area (Å²) in [5, 5.41) is 11.4. The third kappa shape index (κ3) is 3.95. The Labute approximate surface area is 176 Å². The lowest BCUT2D eigenvalue weighted by atomic mass is 10.0. The molecule has 0 radical (unpaired) electrons. The van der Waals surface area contributed by atoms with Crippen molar-refractivity contribution in [2.24, 2.45) is 7.05 Å². The van der Waals surface area contributed by atoms with Gasteiger partial charge in [0.05, 0.1) is 12.2 Å². The predicted molar refractivity (Wildman–Crippen MR) is 116 cm³/mol.